The van der Waals surface area contributed by atoms with E-state index in [0.717, 1.165) is 18.8 Å². The summed E-state index contributed by atoms with van der Waals surface area (Å²) in [5, 5.41) is 0.297. The highest BCUT2D eigenvalue weighted by Crippen LogP contribution is 2.35. The van der Waals surface area contributed by atoms with Crippen molar-refractivity contribution in [3.63, 3.8) is 0 Å². The van der Waals surface area contributed by atoms with Gasteiger partial charge in [0.05, 0.1) is 0 Å². The molecule has 0 heterocycles. The summed E-state index contributed by atoms with van der Waals surface area (Å²) in [6.07, 6.45) is 6.04. The highest BCUT2D eigenvalue weighted by Gasteiger charge is 2.33. The minimum Gasteiger partial charge on any atom is -0.330 e. The molecule has 1 aromatic rings. The first-order valence-electron chi connectivity index (χ1n) is 7.85. The summed E-state index contributed by atoms with van der Waals surface area (Å²) in [5.74, 6) is 1.89. The van der Waals surface area contributed by atoms with Crippen LogP contribution in [0.2, 0.25) is 0 Å². The normalized spacial score (nSPS) is 28.2. The van der Waals surface area contributed by atoms with Gasteiger partial charge in [-0.3, -0.25) is 4.21 Å². The minimum atomic E-state index is -0.792. The predicted molar refractivity (Wildman–Crippen MR) is 86.9 cm³/mol. The summed E-state index contributed by atoms with van der Waals surface area (Å²) in [6.45, 7) is 2.93. The smallest absolute Gasteiger partial charge is 0.0488 e. The van der Waals surface area contributed by atoms with Gasteiger partial charge >= 0.3 is 0 Å². The Labute approximate surface area is 125 Å². The van der Waals surface area contributed by atoms with E-state index in [4.69, 9.17) is 5.73 Å². The van der Waals surface area contributed by atoms with Gasteiger partial charge in [-0.05, 0) is 36.8 Å². The highest BCUT2D eigenvalue weighted by atomic mass is 32.2. The molecule has 4 unspecified atom stereocenters. The lowest BCUT2D eigenvalue weighted by Gasteiger charge is -2.35. The number of rotatable bonds is 6. The molecule has 0 bridgehead atoms. The molecule has 1 saturated carbocycles. The van der Waals surface area contributed by atoms with Gasteiger partial charge in [0.2, 0.25) is 0 Å². The summed E-state index contributed by atoms with van der Waals surface area (Å²) in [6, 6.07) is 10.2. The van der Waals surface area contributed by atoms with Crippen LogP contribution < -0.4 is 5.73 Å². The van der Waals surface area contributed by atoms with Crippen LogP contribution in [0.5, 0.6) is 0 Å². The van der Waals surface area contributed by atoms with Gasteiger partial charge in [0.15, 0.2) is 0 Å². The standard InChI is InChI=1S/C17H27NOS/c1-2-6-14-9-10-16(12-18)17(11-14)20(19)13-15-7-4-3-5-8-15/h3-5,7-8,14,16-17H,2,6,9-13,18H2,1H3. The van der Waals surface area contributed by atoms with Crippen LogP contribution in [0.15, 0.2) is 30.3 Å². The fraction of sp³-hybridized carbons (Fsp3) is 0.647. The molecule has 2 nitrogen and oxygen atoms in total. The maximum Gasteiger partial charge on any atom is 0.0488 e. The van der Waals surface area contributed by atoms with Crippen LogP contribution in [0.1, 0.15) is 44.6 Å². The topological polar surface area (TPSA) is 43.1 Å². The maximum atomic E-state index is 12.7. The third kappa shape index (κ3) is 4.16. The highest BCUT2D eigenvalue weighted by molar-refractivity contribution is 7.84. The molecule has 0 radical (unpaired) electrons. The molecule has 0 saturated heterocycles. The van der Waals surface area contributed by atoms with Gasteiger partial charge in [-0.25, -0.2) is 0 Å². The van der Waals surface area contributed by atoms with Gasteiger partial charge in [-0.2, -0.15) is 0 Å². The Bertz CT molecular complexity index is 420. The molecule has 0 aromatic heterocycles. The van der Waals surface area contributed by atoms with E-state index in [0.29, 0.717) is 23.5 Å². The van der Waals surface area contributed by atoms with Gasteiger partial charge in [0.1, 0.15) is 0 Å². The Kier molecular flexibility index (Phi) is 6.24. The van der Waals surface area contributed by atoms with Crippen LogP contribution in [0.4, 0.5) is 0 Å². The van der Waals surface area contributed by atoms with Crippen molar-refractivity contribution < 1.29 is 4.21 Å². The van der Waals surface area contributed by atoms with Gasteiger partial charge in [-0.1, -0.05) is 56.5 Å². The van der Waals surface area contributed by atoms with Crippen molar-refractivity contribution in [2.45, 2.75) is 50.0 Å². The van der Waals surface area contributed by atoms with E-state index in [1.165, 1.54) is 24.8 Å². The number of hydrogen-bond acceptors (Lipinski definition) is 2. The van der Waals surface area contributed by atoms with Crippen molar-refractivity contribution in [3.8, 4) is 0 Å². The van der Waals surface area contributed by atoms with Crippen LogP contribution in [-0.2, 0) is 16.6 Å². The first kappa shape index (κ1) is 15.7. The summed E-state index contributed by atoms with van der Waals surface area (Å²) < 4.78 is 12.7. The molecule has 0 spiro atoms. The fourth-order valence-electron chi connectivity index (χ4n) is 3.38. The van der Waals surface area contributed by atoms with Crippen molar-refractivity contribution in [1.82, 2.24) is 0 Å². The Morgan fingerprint density at radius 3 is 2.65 bits per heavy atom. The second-order valence-electron chi connectivity index (χ2n) is 6.01. The average molecular weight is 293 g/mol. The molecule has 2 N–H and O–H groups in total. The molecule has 20 heavy (non-hydrogen) atoms. The van der Waals surface area contributed by atoms with E-state index in [9.17, 15) is 4.21 Å². The van der Waals surface area contributed by atoms with Crippen molar-refractivity contribution in [2.24, 2.45) is 17.6 Å². The Balaban J connectivity index is 2.00. The molecule has 0 amide bonds. The van der Waals surface area contributed by atoms with E-state index in [1.807, 2.05) is 18.2 Å². The SMILES string of the molecule is CCCC1CCC(CN)C(S(=O)Cc2ccccc2)C1. The molecule has 1 fully saturated rings. The van der Waals surface area contributed by atoms with Crippen molar-refractivity contribution in [1.29, 1.82) is 0 Å². The van der Waals surface area contributed by atoms with Gasteiger partial charge in [-0.15, -0.1) is 0 Å². The van der Waals surface area contributed by atoms with Gasteiger partial charge in [0, 0.05) is 21.8 Å². The van der Waals surface area contributed by atoms with Crippen LogP contribution in [0.25, 0.3) is 0 Å². The van der Waals surface area contributed by atoms with E-state index in [2.05, 4.69) is 19.1 Å². The van der Waals surface area contributed by atoms with Crippen LogP contribution in [-0.4, -0.2) is 16.0 Å². The van der Waals surface area contributed by atoms with Crippen LogP contribution >= 0.6 is 0 Å². The molecule has 1 aliphatic rings. The maximum absolute atomic E-state index is 12.7. The summed E-state index contributed by atoms with van der Waals surface area (Å²) in [4.78, 5) is 0. The van der Waals surface area contributed by atoms with E-state index < -0.39 is 10.8 Å². The molecule has 4 atom stereocenters. The van der Waals surface area contributed by atoms with Crippen molar-refractivity contribution in [3.05, 3.63) is 35.9 Å². The summed E-state index contributed by atoms with van der Waals surface area (Å²) in [5.41, 5.74) is 7.09. The number of nitrogens with two attached hydrogens (primary N) is 1. The molecule has 112 valence electrons. The Morgan fingerprint density at radius 1 is 1.25 bits per heavy atom. The minimum absolute atomic E-state index is 0.297. The Hall–Kier alpha value is -0.670. The average Bonchev–Trinajstić information content (AvgIpc) is 2.48. The molecule has 1 aromatic carbocycles. The zero-order chi connectivity index (χ0) is 14.4. The lowest BCUT2D eigenvalue weighted by molar-refractivity contribution is 0.272. The second-order valence-corrected chi connectivity index (χ2v) is 7.67. The van der Waals surface area contributed by atoms with E-state index in [1.54, 1.807) is 0 Å². The summed E-state index contributed by atoms with van der Waals surface area (Å²) in [7, 11) is -0.792. The van der Waals surface area contributed by atoms with E-state index in [-0.39, 0.29) is 0 Å². The Morgan fingerprint density at radius 2 is 2.00 bits per heavy atom. The zero-order valence-corrected chi connectivity index (χ0v) is 13.3. The van der Waals surface area contributed by atoms with E-state index >= 15 is 0 Å². The first-order chi connectivity index (χ1) is 9.74. The number of benzene rings is 1. The van der Waals surface area contributed by atoms with Crippen LogP contribution in [0, 0.1) is 11.8 Å². The molecular weight excluding hydrogens is 266 g/mol. The lowest BCUT2D eigenvalue weighted by Crippen LogP contribution is -2.37. The monoisotopic (exact) mass is 293 g/mol. The van der Waals surface area contributed by atoms with Gasteiger partial charge < -0.3 is 5.73 Å². The molecule has 2 rings (SSSR count). The largest absolute Gasteiger partial charge is 0.330 e. The number of hydrogen-bond donors (Lipinski definition) is 1. The van der Waals surface area contributed by atoms with Crippen molar-refractivity contribution in [2.75, 3.05) is 6.54 Å². The molecule has 0 aliphatic heterocycles. The predicted octanol–water partition coefficient (Wildman–Crippen LogP) is 3.48. The fourth-order valence-corrected chi connectivity index (χ4v) is 5.28. The lowest BCUT2D eigenvalue weighted by atomic mass is 9.80. The van der Waals surface area contributed by atoms with Gasteiger partial charge in [0.25, 0.3) is 0 Å². The van der Waals surface area contributed by atoms with Crippen molar-refractivity contribution >= 4 is 10.8 Å². The molecular formula is C17H27NOS. The van der Waals surface area contributed by atoms with Crippen LogP contribution in [0.3, 0.4) is 0 Å². The quantitative estimate of drug-likeness (QED) is 0.872. The molecule has 3 heteroatoms. The second kappa shape index (κ2) is 7.94. The summed E-state index contributed by atoms with van der Waals surface area (Å²) >= 11 is 0. The third-order valence-electron chi connectivity index (χ3n) is 4.53. The third-order valence-corrected chi connectivity index (χ3v) is 6.40. The molecule has 1 aliphatic carbocycles. The first-order valence-corrected chi connectivity index (χ1v) is 9.24. The zero-order valence-electron chi connectivity index (χ0n) is 12.5.